The highest BCUT2D eigenvalue weighted by Crippen LogP contribution is 2.25. The minimum atomic E-state index is -2.27. The van der Waals surface area contributed by atoms with Crippen LogP contribution < -0.4 is 5.32 Å². The van der Waals surface area contributed by atoms with E-state index in [9.17, 15) is 26.7 Å². The van der Waals surface area contributed by atoms with Gasteiger partial charge in [0.2, 0.25) is 5.82 Å². The molecule has 1 aromatic carbocycles. The summed E-state index contributed by atoms with van der Waals surface area (Å²) in [6, 6.07) is -0.360. The van der Waals surface area contributed by atoms with E-state index in [2.05, 4.69) is 5.32 Å². The van der Waals surface area contributed by atoms with Crippen molar-refractivity contribution in [1.82, 2.24) is 10.2 Å². The summed E-state index contributed by atoms with van der Waals surface area (Å²) in [5.74, 6) is -11.9. The molecule has 8 heteroatoms. The molecule has 1 unspecified atom stereocenters. The highest BCUT2D eigenvalue weighted by atomic mass is 19.2. The molecular weight excluding hydrogens is 295 g/mol. The van der Waals surface area contributed by atoms with Crippen molar-refractivity contribution in [2.24, 2.45) is 0 Å². The van der Waals surface area contributed by atoms with Crippen molar-refractivity contribution in [2.45, 2.75) is 18.9 Å². The number of hydrogen-bond donors (Lipinski definition) is 1. The Morgan fingerprint density at radius 1 is 1.05 bits per heavy atom. The molecule has 1 heterocycles. The molecule has 116 valence electrons. The molecule has 1 atom stereocenters. The molecule has 1 aliphatic rings. The fourth-order valence-electron chi connectivity index (χ4n) is 2.30. The first-order valence-electron chi connectivity index (χ1n) is 6.35. The average molecular weight is 308 g/mol. The van der Waals surface area contributed by atoms with Crippen molar-refractivity contribution in [3.63, 3.8) is 0 Å². The molecule has 1 fully saturated rings. The Morgan fingerprint density at radius 2 is 1.57 bits per heavy atom. The zero-order valence-electron chi connectivity index (χ0n) is 11.2. The molecule has 3 nitrogen and oxygen atoms in total. The predicted octanol–water partition coefficient (Wildman–Crippen LogP) is 2.21. The molecule has 0 spiro atoms. The van der Waals surface area contributed by atoms with Gasteiger partial charge in [-0.2, -0.15) is 0 Å². The third-order valence-corrected chi connectivity index (χ3v) is 3.56. The summed E-state index contributed by atoms with van der Waals surface area (Å²) in [5.41, 5.74) is -1.42. The van der Waals surface area contributed by atoms with Gasteiger partial charge in [-0.25, -0.2) is 22.0 Å². The quantitative estimate of drug-likeness (QED) is 0.516. The predicted molar refractivity (Wildman–Crippen MR) is 64.2 cm³/mol. The van der Waals surface area contributed by atoms with Crippen LogP contribution in [0.15, 0.2) is 0 Å². The van der Waals surface area contributed by atoms with Gasteiger partial charge in [0.25, 0.3) is 5.91 Å². The molecule has 1 aliphatic heterocycles. The lowest BCUT2D eigenvalue weighted by atomic mass is 10.0. The van der Waals surface area contributed by atoms with E-state index in [1.165, 1.54) is 7.05 Å². The second kappa shape index (κ2) is 5.97. The lowest BCUT2D eigenvalue weighted by molar-refractivity contribution is 0.0695. The summed E-state index contributed by atoms with van der Waals surface area (Å²) in [5, 5.41) is 2.99. The van der Waals surface area contributed by atoms with Crippen LogP contribution in [-0.2, 0) is 0 Å². The van der Waals surface area contributed by atoms with Crippen molar-refractivity contribution < 1.29 is 26.7 Å². The molecular formula is C13H13F5N2O. The van der Waals surface area contributed by atoms with E-state index in [1.807, 2.05) is 0 Å². The van der Waals surface area contributed by atoms with Gasteiger partial charge < -0.3 is 10.2 Å². The van der Waals surface area contributed by atoms with Crippen LogP contribution in [0.2, 0.25) is 0 Å². The van der Waals surface area contributed by atoms with Gasteiger partial charge in [-0.05, 0) is 19.4 Å². The van der Waals surface area contributed by atoms with Crippen molar-refractivity contribution in [1.29, 1.82) is 0 Å². The van der Waals surface area contributed by atoms with Gasteiger partial charge in [-0.1, -0.05) is 0 Å². The summed E-state index contributed by atoms with van der Waals surface area (Å²) in [4.78, 5) is 13.1. The second-order valence-electron chi connectivity index (χ2n) is 4.86. The largest absolute Gasteiger partial charge is 0.337 e. The molecule has 1 amide bonds. The summed E-state index contributed by atoms with van der Waals surface area (Å²) in [7, 11) is 1.28. The van der Waals surface area contributed by atoms with E-state index in [4.69, 9.17) is 0 Å². The van der Waals surface area contributed by atoms with E-state index >= 15 is 0 Å². The number of carbonyl (C=O) groups is 1. The maximum absolute atomic E-state index is 13.6. The van der Waals surface area contributed by atoms with Crippen LogP contribution in [0.25, 0.3) is 0 Å². The van der Waals surface area contributed by atoms with E-state index < -0.39 is 40.6 Å². The number of rotatable bonds is 2. The van der Waals surface area contributed by atoms with Gasteiger partial charge in [0.15, 0.2) is 23.3 Å². The third-order valence-electron chi connectivity index (χ3n) is 3.56. The zero-order valence-corrected chi connectivity index (χ0v) is 11.2. The van der Waals surface area contributed by atoms with Crippen molar-refractivity contribution >= 4 is 5.91 Å². The second-order valence-corrected chi connectivity index (χ2v) is 4.86. The lowest BCUT2D eigenvalue weighted by Gasteiger charge is -2.31. The van der Waals surface area contributed by atoms with E-state index in [0.29, 0.717) is 13.0 Å². The van der Waals surface area contributed by atoms with E-state index in [0.717, 1.165) is 17.9 Å². The molecule has 0 saturated carbocycles. The standard InChI is InChI=1S/C13H13F5N2O/c1-20(6-3-2-4-19-5-6)13(21)7-8(14)10(16)12(18)11(17)9(7)15/h6,19H,2-5H2,1H3. The molecule has 1 saturated heterocycles. The van der Waals surface area contributed by atoms with Crippen LogP contribution in [0.5, 0.6) is 0 Å². The van der Waals surface area contributed by atoms with Gasteiger partial charge in [-0.15, -0.1) is 0 Å². The van der Waals surface area contributed by atoms with Crippen LogP contribution >= 0.6 is 0 Å². The van der Waals surface area contributed by atoms with Crippen LogP contribution in [-0.4, -0.2) is 37.0 Å². The van der Waals surface area contributed by atoms with Crippen molar-refractivity contribution in [3.05, 3.63) is 34.6 Å². The van der Waals surface area contributed by atoms with Gasteiger partial charge in [0, 0.05) is 19.6 Å². The normalized spacial score (nSPS) is 18.7. The van der Waals surface area contributed by atoms with Gasteiger partial charge in [0.05, 0.1) is 0 Å². The fourth-order valence-corrected chi connectivity index (χ4v) is 2.30. The van der Waals surface area contributed by atoms with Gasteiger partial charge >= 0.3 is 0 Å². The molecule has 1 N–H and O–H groups in total. The summed E-state index contributed by atoms with van der Waals surface area (Å²) in [6.07, 6.45) is 1.34. The molecule has 21 heavy (non-hydrogen) atoms. The molecule has 0 aliphatic carbocycles. The van der Waals surface area contributed by atoms with E-state index in [1.54, 1.807) is 0 Å². The zero-order chi connectivity index (χ0) is 15.7. The number of halogens is 5. The number of amides is 1. The third kappa shape index (κ3) is 2.72. The minimum absolute atomic E-state index is 0.360. The van der Waals surface area contributed by atoms with E-state index in [-0.39, 0.29) is 6.04 Å². The van der Waals surface area contributed by atoms with Crippen molar-refractivity contribution in [2.75, 3.05) is 20.1 Å². The number of hydrogen-bond acceptors (Lipinski definition) is 2. The lowest BCUT2D eigenvalue weighted by Crippen LogP contribution is -2.47. The summed E-state index contributed by atoms with van der Waals surface area (Å²) < 4.78 is 66.4. The van der Waals surface area contributed by atoms with Crippen LogP contribution in [0.1, 0.15) is 23.2 Å². The fraction of sp³-hybridized carbons (Fsp3) is 0.462. The molecule has 2 rings (SSSR count). The Hall–Kier alpha value is -1.70. The average Bonchev–Trinajstić information content (AvgIpc) is 2.51. The summed E-state index contributed by atoms with van der Waals surface area (Å²) >= 11 is 0. The van der Waals surface area contributed by atoms with Crippen LogP contribution in [0.4, 0.5) is 22.0 Å². The molecule has 0 radical (unpaired) electrons. The van der Waals surface area contributed by atoms with Crippen molar-refractivity contribution in [3.8, 4) is 0 Å². The smallest absolute Gasteiger partial charge is 0.260 e. The Labute approximate surface area is 117 Å². The maximum atomic E-state index is 13.6. The van der Waals surface area contributed by atoms with Crippen LogP contribution in [0.3, 0.4) is 0 Å². The number of piperidine rings is 1. The Bertz CT molecular complexity index is 543. The topological polar surface area (TPSA) is 32.3 Å². The van der Waals surface area contributed by atoms with Gasteiger partial charge in [-0.3, -0.25) is 4.79 Å². The first-order valence-corrected chi connectivity index (χ1v) is 6.35. The Balaban J connectivity index is 2.39. The monoisotopic (exact) mass is 308 g/mol. The molecule has 0 bridgehead atoms. The first-order chi connectivity index (χ1) is 9.86. The SMILES string of the molecule is CN(C(=O)c1c(F)c(F)c(F)c(F)c1F)C1CCCNC1. The highest BCUT2D eigenvalue weighted by molar-refractivity contribution is 5.95. The molecule has 1 aromatic rings. The number of nitrogens with zero attached hydrogens (tertiary/aromatic N) is 1. The molecule has 0 aromatic heterocycles. The number of carbonyl (C=O) groups excluding carboxylic acids is 1. The maximum Gasteiger partial charge on any atom is 0.260 e. The summed E-state index contributed by atoms with van der Waals surface area (Å²) in [6.45, 7) is 1.15. The number of nitrogens with one attached hydrogen (secondary N) is 1. The van der Waals surface area contributed by atoms with Crippen LogP contribution in [0, 0.1) is 29.1 Å². The number of likely N-dealkylation sites (N-methyl/N-ethyl adjacent to an activating group) is 1. The first kappa shape index (κ1) is 15.7. The highest BCUT2D eigenvalue weighted by Gasteiger charge is 2.33. The minimum Gasteiger partial charge on any atom is -0.337 e. The van der Waals surface area contributed by atoms with Gasteiger partial charge in [0.1, 0.15) is 5.56 Å². The Morgan fingerprint density at radius 3 is 2.05 bits per heavy atom. The number of benzene rings is 1. The Kier molecular flexibility index (Phi) is 4.46.